The van der Waals surface area contributed by atoms with Crippen LogP contribution in [-0.4, -0.2) is 40.9 Å². The summed E-state index contributed by atoms with van der Waals surface area (Å²) in [7, 11) is 0. The Balaban J connectivity index is 1.49. The molecule has 0 aromatic heterocycles. The van der Waals surface area contributed by atoms with E-state index >= 15 is 0 Å². The molecule has 1 amide bonds. The largest absolute Gasteiger partial charge is 0.453 e. The van der Waals surface area contributed by atoms with Gasteiger partial charge in [-0.25, -0.2) is 9.80 Å². The lowest BCUT2D eigenvalue weighted by molar-refractivity contribution is -0.166. The van der Waals surface area contributed by atoms with Gasteiger partial charge in [-0.2, -0.15) is 5.10 Å². The van der Waals surface area contributed by atoms with Gasteiger partial charge in [0.25, 0.3) is 5.91 Å². The van der Waals surface area contributed by atoms with E-state index in [1.165, 1.54) is 5.01 Å². The molecule has 0 saturated heterocycles. The van der Waals surface area contributed by atoms with Crippen LogP contribution in [0.1, 0.15) is 23.1 Å². The summed E-state index contributed by atoms with van der Waals surface area (Å²) in [6.45, 7) is -0.0887. The van der Waals surface area contributed by atoms with Crippen LogP contribution < -0.4 is 0 Å². The minimum Gasteiger partial charge on any atom is -0.453 e. The van der Waals surface area contributed by atoms with Crippen LogP contribution in [0.2, 0.25) is 0 Å². The lowest BCUT2D eigenvalue weighted by Gasteiger charge is -2.27. The topological polar surface area (TPSA) is 79.2 Å². The number of aliphatic hydroxyl groups is 1. The zero-order valence-corrected chi connectivity index (χ0v) is 16.8. The van der Waals surface area contributed by atoms with Gasteiger partial charge >= 0.3 is 5.97 Å². The zero-order chi connectivity index (χ0) is 21.7. The third kappa shape index (κ3) is 4.25. The van der Waals surface area contributed by atoms with E-state index in [0.717, 1.165) is 11.3 Å². The molecule has 31 heavy (non-hydrogen) atoms. The molecule has 6 nitrogen and oxygen atoms in total. The number of carbonyl (C=O) groups is 2. The van der Waals surface area contributed by atoms with Gasteiger partial charge < -0.3 is 9.84 Å². The Labute approximate surface area is 180 Å². The number of esters is 1. The van der Waals surface area contributed by atoms with Crippen molar-refractivity contribution in [3.05, 3.63) is 108 Å². The van der Waals surface area contributed by atoms with Crippen LogP contribution in [0.25, 0.3) is 0 Å². The van der Waals surface area contributed by atoms with Gasteiger partial charge in [0.1, 0.15) is 0 Å². The number of nitrogens with zero attached hydrogens (tertiary/aromatic N) is 2. The molecule has 156 valence electrons. The summed E-state index contributed by atoms with van der Waals surface area (Å²) >= 11 is 0. The summed E-state index contributed by atoms with van der Waals surface area (Å²) in [6, 6.07) is 26.7. The van der Waals surface area contributed by atoms with E-state index in [1.54, 1.807) is 60.7 Å². The van der Waals surface area contributed by atoms with E-state index in [9.17, 15) is 14.7 Å². The smallest absolute Gasteiger partial charge is 0.348 e. The molecule has 1 aliphatic heterocycles. The molecule has 0 aliphatic carbocycles. The van der Waals surface area contributed by atoms with Crippen LogP contribution in [0.5, 0.6) is 0 Å². The summed E-state index contributed by atoms with van der Waals surface area (Å²) in [5.74, 6) is -1.35. The van der Waals surface area contributed by atoms with Crippen molar-refractivity contribution in [3.63, 3.8) is 0 Å². The average Bonchev–Trinajstić information content (AvgIpc) is 3.34. The van der Waals surface area contributed by atoms with Crippen LogP contribution in [0.15, 0.2) is 96.1 Å². The number of hydrogen-bond acceptors (Lipinski definition) is 5. The van der Waals surface area contributed by atoms with Crippen LogP contribution in [0.4, 0.5) is 0 Å². The maximum atomic E-state index is 13.0. The molecule has 6 heteroatoms. The van der Waals surface area contributed by atoms with Crippen LogP contribution in [0, 0.1) is 0 Å². The fraction of sp³-hybridized carbons (Fsp3) is 0.160. The van der Waals surface area contributed by atoms with Gasteiger partial charge in [-0.1, -0.05) is 91.0 Å². The molecular weight excluding hydrogens is 392 g/mol. The van der Waals surface area contributed by atoms with E-state index in [1.807, 2.05) is 30.3 Å². The Morgan fingerprint density at radius 2 is 1.39 bits per heavy atom. The second-order valence-electron chi connectivity index (χ2n) is 7.20. The highest BCUT2D eigenvalue weighted by Crippen LogP contribution is 2.31. The number of carbonyl (C=O) groups excluding carboxylic acids is 2. The molecule has 1 heterocycles. The highest BCUT2D eigenvalue weighted by atomic mass is 16.6. The average molecular weight is 414 g/mol. The maximum Gasteiger partial charge on any atom is 0.348 e. The van der Waals surface area contributed by atoms with E-state index < -0.39 is 24.1 Å². The van der Waals surface area contributed by atoms with Gasteiger partial charge in [-0.05, 0) is 16.7 Å². The first-order valence-electron chi connectivity index (χ1n) is 10.0. The number of hydrazone groups is 1. The summed E-state index contributed by atoms with van der Waals surface area (Å²) in [4.78, 5) is 25.6. The van der Waals surface area contributed by atoms with Gasteiger partial charge in [-0.3, -0.25) is 4.79 Å². The van der Waals surface area contributed by atoms with Crippen molar-refractivity contribution in [3.8, 4) is 0 Å². The van der Waals surface area contributed by atoms with Crippen molar-refractivity contribution in [2.45, 2.75) is 12.0 Å². The van der Waals surface area contributed by atoms with Gasteiger partial charge in [0, 0.05) is 6.42 Å². The standard InChI is InChI=1S/C25H22N2O4/c28-23(27-17-16-22(26-27)19-10-4-1-5-11-19)18-31-24(29)25(30,20-12-6-2-7-13-20)21-14-8-3-9-15-21/h1-15,30H,16-18H2. The Hall–Kier alpha value is -3.77. The molecule has 4 rings (SSSR count). The second kappa shape index (κ2) is 8.93. The molecule has 3 aromatic rings. The first kappa shape index (κ1) is 20.5. The Kier molecular flexibility index (Phi) is 5.91. The van der Waals surface area contributed by atoms with Crippen molar-refractivity contribution in [1.82, 2.24) is 5.01 Å². The number of rotatable bonds is 6. The monoisotopic (exact) mass is 414 g/mol. The van der Waals surface area contributed by atoms with Crippen molar-refractivity contribution < 1.29 is 19.4 Å². The minimum atomic E-state index is -2.02. The summed E-state index contributed by atoms with van der Waals surface area (Å²) in [5, 5.41) is 17.0. The van der Waals surface area contributed by atoms with Crippen molar-refractivity contribution in [2.75, 3.05) is 13.2 Å². The van der Waals surface area contributed by atoms with Gasteiger partial charge in [-0.15, -0.1) is 0 Å². The predicted molar refractivity (Wildman–Crippen MR) is 116 cm³/mol. The highest BCUT2D eigenvalue weighted by Gasteiger charge is 2.42. The number of benzene rings is 3. The normalized spacial score (nSPS) is 13.6. The molecule has 0 spiro atoms. The highest BCUT2D eigenvalue weighted by molar-refractivity contribution is 6.02. The van der Waals surface area contributed by atoms with Gasteiger partial charge in [0.2, 0.25) is 5.60 Å². The molecule has 0 unspecified atom stereocenters. The maximum absolute atomic E-state index is 13.0. The number of amides is 1. The van der Waals surface area contributed by atoms with Gasteiger partial charge in [0.05, 0.1) is 12.3 Å². The van der Waals surface area contributed by atoms with Crippen molar-refractivity contribution in [1.29, 1.82) is 0 Å². The van der Waals surface area contributed by atoms with Gasteiger partial charge in [0.15, 0.2) is 6.61 Å². The molecule has 0 radical (unpaired) electrons. The number of hydrogen-bond donors (Lipinski definition) is 1. The molecular formula is C25H22N2O4. The molecule has 0 bridgehead atoms. The third-order valence-electron chi connectivity index (χ3n) is 5.20. The lowest BCUT2D eigenvalue weighted by Crippen LogP contribution is -2.40. The zero-order valence-electron chi connectivity index (χ0n) is 16.8. The quantitative estimate of drug-likeness (QED) is 0.629. The Bertz CT molecular complexity index is 1040. The first-order valence-corrected chi connectivity index (χ1v) is 10.0. The van der Waals surface area contributed by atoms with E-state index in [2.05, 4.69) is 5.10 Å². The lowest BCUT2D eigenvalue weighted by atomic mass is 9.86. The Morgan fingerprint density at radius 1 is 0.871 bits per heavy atom. The number of ether oxygens (including phenoxy) is 1. The van der Waals surface area contributed by atoms with Crippen LogP contribution in [-0.2, 0) is 19.9 Å². The summed E-state index contributed by atoms with van der Waals surface area (Å²) in [5.41, 5.74) is 0.475. The minimum absolute atomic E-state index is 0.365. The molecule has 1 N–H and O–H groups in total. The fourth-order valence-corrected chi connectivity index (χ4v) is 3.54. The molecule has 3 aromatic carbocycles. The molecule has 1 aliphatic rings. The third-order valence-corrected chi connectivity index (χ3v) is 5.20. The summed E-state index contributed by atoms with van der Waals surface area (Å²) < 4.78 is 5.28. The predicted octanol–water partition coefficient (Wildman–Crippen LogP) is 3.10. The fourth-order valence-electron chi connectivity index (χ4n) is 3.54. The second-order valence-corrected chi connectivity index (χ2v) is 7.20. The molecule has 0 fully saturated rings. The molecule has 0 atom stereocenters. The van der Waals surface area contributed by atoms with Crippen LogP contribution >= 0.6 is 0 Å². The Morgan fingerprint density at radius 3 is 1.94 bits per heavy atom. The van der Waals surface area contributed by atoms with Crippen molar-refractivity contribution in [2.24, 2.45) is 5.10 Å². The SMILES string of the molecule is O=C(COC(=O)C(O)(c1ccccc1)c1ccccc1)N1CCC(c2ccccc2)=N1. The van der Waals surface area contributed by atoms with E-state index in [-0.39, 0.29) is 0 Å². The van der Waals surface area contributed by atoms with E-state index in [0.29, 0.717) is 24.1 Å². The van der Waals surface area contributed by atoms with E-state index in [4.69, 9.17) is 4.74 Å². The van der Waals surface area contributed by atoms with Crippen LogP contribution in [0.3, 0.4) is 0 Å². The summed E-state index contributed by atoms with van der Waals surface area (Å²) in [6.07, 6.45) is 0.627. The first-order chi connectivity index (χ1) is 15.1. The molecule has 0 saturated carbocycles. The van der Waals surface area contributed by atoms with Crippen molar-refractivity contribution >= 4 is 17.6 Å².